The zero-order valence-electron chi connectivity index (χ0n) is 17.9. The molecule has 3 aromatic heterocycles. The molecule has 3 heterocycles. The molecule has 6 aromatic rings. The van der Waals surface area contributed by atoms with Crippen LogP contribution in [0.2, 0.25) is 5.02 Å². The lowest BCUT2D eigenvalue weighted by Gasteiger charge is -2.11. The van der Waals surface area contributed by atoms with Gasteiger partial charge in [0.05, 0.1) is 27.9 Å². The summed E-state index contributed by atoms with van der Waals surface area (Å²) in [7, 11) is 0. The minimum atomic E-state index is 0.671. The topological polar surface area (TPSA) is 72.5 Å². The number of aromatic nitrogens is 4. The summed E-state index contributed by atoms with van der Waals surface area (Å²) in [4.78, 5) is 12.5. The lowest BCUT2D eigenvalue weighted by Crippen LogP contribution is -2.01. The van der Waals surface area contributed by atoms with Crippen molar-refractivity contribution < 1.29 is 0 Å². The number of nitrogens with two attached hydrogens (primary N) is 1. The van der Waals surface area contributed by atoms with E-state index in [1.54, 1.807) is 0 Å². The van der Waals surface area contributed by atoms with Crippen molar-refractivity contribution in [2.75, 3.05) is 6.54 Å². The lowest BCUT2D eigenvalue weighted by molar-refractivity contribution is 0.832. The first-order chi connectivity index (χ1) is 16.2. The van der Waals surface area contributed by atoms with Gasteiger partial charge in [0, 0.05) is 17.1 Å². The summed E-state index contributed by atoms with van der Waals surface area (Å²) in [5, 5.41) is 2.93. The Bertz CT molecular complexity index is 1630. The van der Waals surface area contributed by atoms with Gasteiger partial charge in [0.1, 0.15) is 11.8 Å². The van der Waals surface area contributed by atoms with Gasteiger partial charge in [-0.25, -0.2) is 4.98 Å². The normalized spacial score (nSPS) is 11.7. The number of nitrogens with zero attached hydrogens (tertiary/aromatic N) is 3. The monoisotopic (exact) mass is 451 g/mol. The molecule has 0 saturated carbocycles. The van der Waals surface area contributed by atoms with Crippen molar-refractivity contribution in [3.63, 3.8) is 0 Å². The summed E-state index contributed by atoms with van der Waals surface area (Å²) in [6.07, 6.45) is 7.47. The number of halogens is 1. The third-order valence-corrected chi connectivity index (χ3v) is 6.50. The van der Waals surface area contributed by atoms with Crippen LogP contribution in [0.15, 0.2) is 79.4 Å². The van der Waals surface area contributed by atoms with Gasteiger partial charge >= 0.3 is 0 Å². The van der Waals surface area contributed by atoms with Gasteiger partial charge in [-0.3, -0.25) is 9.55 Å². The summed E-state index contributed by atoms with van der Waals surface area (Å²) in [5.74, 6) is 0. The molecule has 0 saturated heterocycles. The molecule has 0 aliphatic carbocycles. The van der Waals surface area contributed by atoms with Gasteiger partial charge in [-0.1, -0.05) is 29.8 Å². The maximum Gasteiger partial charge on any atom is 0.108 e. The van der Waals surface area contributed by atoms with Gasteiger partial charge in [0.25, 0.3) is 0 Å². The molecule has 0 aliphatic rings. The van der Waals surface area contributed by atoms with Crippen molar-refractivity contribution in [2.45, 2.75) is 12.8 Å². The van der Waals surface area contributed by atoms with Crippen LogP contribution < -0.4 is 5.73 Å². The maximum atomic E-state index is 6.72. The summed E-state index contributed by atoms with van der Waals surface area (Å²) in [5.41, 5.74) is 13.9. The molecule has 0 atom stereocenters. The molecule has 3 aromatic carbocycles. The fraction of sp³-hybridized carbons (Fsp3) is 0.111. The minimum Gasteiger partial charge on any atom is -0.361 e. The Morgan fingerprint density at radius 2 is 1.79 bits per heavy atom. The third kappa shape index (κ3) is 3.46. The fourth-order valence-corrected chi connectivity index (χ4v) is 4.79. The van der Waals surface area contributed by atoms with Crippen LogP contribution in [0, 0.1) is 0 Å². The number of hydrogen-bond acceptors (Lipinski definition) is 3. The van der Waals surface area contributed by atoms with Gasteiger partial charge < -0.3 is 10.7 Å². The van der Waals surface area contributed by atoms with Crippen molar-refractivity contribution in [3.05, 3.63) is 90.0 Å². The number of H-pyrrole nitrogens is 1. The molecule has 0 unspecified atom stereocenters. The second-order valence-electron chi connectivity index (χ2n) is 8.30. The highest BCUT2D eigenvalue weighted by Gasteiger charge is 2.14. The van der Waals surface area contributed by atoms with E-state index in [1.165, 1.54) is 10.9 Å². The Morgan fingerprint density at radius 3 is 2.67 bits per heavy atom. The van der Waals surface area contributed by atoms with E-state index in [4.69, 9.17) is 17.3 Å². The molecule has 3 N–H and O–H groups in total. The van der Waals surface area contributed by atoms with Crippen LogP contribution in [0.1, 0.15) is 12.0 Å². The fourth-order valence-electron chi connectivity index (χ4n) is 4.50. The van der Waals surface area contributed by atoms with E-state index in [2.05, 4.69) is 74.1 Å². The van der Waals surface area contributed by atoms with Crippen LogP contribution in [-0.4, -0.2) is 26.1 Å². The molecule has 0 fully saturated rings. The first-order valence-corrected chi connectivity index (χ1v) is 11.4. The van der Waals surface area contributed by atoms with Crippen LogP contribution in [0.4, 0.5) is 0 Å². The first kappa shape index (κ1) is 20.0. The van der Waals surface area contributed by atoms with Gasteiger partial charge in [-0.2, -0.15) is 0 Å². The smallest absolute Gasteiger partial charge is 0.108 e. The molecule has 33 heavy (non-hydrogen) atoms. The zero-order valence-corrected chi connectivity index (χ0v) is 18.7. The number of rotatable bonds is 5. The van der Waals surface area contributed by atoms with Crippen molar-refractivity contribution in [2.24, 2.45) is 5.73 Å². The van der Waals surface area contributed by atoms with Gasteiger partial charge in [-0.15, -0.1) is 0 Å². The SMILES string of the molecule is NCCCc1ccc(-n2cnc3cnc4ccc(-c5ccc6[nH]ccc6c5)cc4c32)c(Cl)c1. The van der Waals surface area contributed by atoms with E-state index >= 15 is 0 Å². The Balaban J connectivity index is 1.52. The number of pyridine rings is 1. The van der Waals surface area contributed by atoms with Crippen LogP contribution in [0.5, 0.6) is 0 Å². The Kier molecular flexibility index (Phi) is 4.86. The summed E-state index contributed by atoms with van der Waals surface area (Å²) < 4.78 is 2.06. The van der Waals surface area contributed by atoms with Crippen molar-refractivity contribution in [3.8, 4) is 16.8 Å². The van der Waals surface area contributed by atoms with Crippen LogP contribution in [-0.2, 0) is 6.42 Å². The van der Waals surface area contributed by atoms with E-state index in [9.17, 15) is 0 Å². The Labute approximate surface area is 195 Å². The zero-order chi connectivity index (χ0) is 22.4. The average molecular weight is 452 g/mol. The molecular formula is C27H22ClN5. The minimum absolute atomic E-state index is 0.671. The second kappa shape index (κ2) is 8.03. The van der Waals surface area contributed by atoms with Crippen molar-refractivity contribution in [1.82, 2.24) is 19.5 Å². The highest BCUT2D eigenvalue weighted by molar-refractivity contribution is 6.32. The third-order valence-electron chi connectivity index (χ3n) is 6.20. The number of benzene rings is 3. The van der Waals surface area contributed by atoms with E-state index in [-0.39, 0.29) is 0 Å². The van der Waals surface area contributed by atoms with Gasteiger partial charge in [-0.05, 0) is 83.9 Å². The van der Waals surface area contributed by atoms with Crippen molar-refractivity contribution in [1.29, 1.82) is 0 Å². The summed E-state index contributed by atoms with van der Waals surface area (Å²) in [6.45, 7) is 0.671. The molecule has 6 heteroatoms. The van der Waals surface area contributed by atoms with Crippen LogP contribution >= 0.6 is 11.6 Å². The number of imidazole rings is 1. The predicted molar refractivity (Wildman–Crippen MR) is 136 cm³/mol. The standard InChI is InChI=1S/C27H22ClN5/c28-22-12-17(2-1-10-29)3-8-26(22)33-16-32-25-15-31-24-7-5-19(14-21(24)27(25)33)18-4-6-23-20(13-18)9-11-30-23/h3-9,11-16,30H,1-2,10,29H2. The van der Waals surface area contributed by atoms with Crippen LogP contribution in [0.3, 0.4) is 0 Å². The Morgan fingerprint density at radius 1 is 0.909 bits per heavy atom. The van der Waals surface area contributed by atoms with Gasteiger partial charge in [0.2, 0.25) is 0 Å². The maximum absolute atomic E-state index is 6.72. The number of aryl methyl sites for hydroxylation is 1. The summed E-state index contributed by atoms with van der Waals surface area (Å²) in [6, 6.07) is 21.1. The molecule has 5 nitrogen and oxygen atoms in total. The molecule has 0 spiro atoms. The highest BCUT2D eigenvalue weighted by Crippen LogP contribution is 2.33. The second-order valence-corrected chi connectivity index (χ2v) is 8.70. The molecule has 162 valence electrons. The van der Waals surface area contributed by atoms with Crippen molar-refractivity contribution >= 4 is 44.4 Å². The van der Waals surface area contributed by atoms with E-state index in [0.29, 0.717) is 11.6 Å². The molecule has 0 aliphatic heterocycles. The average Bonchev–Trinajstić information content (AvgIpc) is 3.49. The van der Waals surface area contributed by atoms with E-state index in [1.807, 2.05) is 24.8 Å². The largest absolute Gasteiger partial charge is 0.361 e. The molecular weight excluding hydrogens is 430 g/mol. The quantitative estimate of drug-likeness (QED) is 0.324. The molecule has 0 amide bonds. The van der Waals surface area contributed by atoms with Gasteiger partial charge in [0.15, 0.2) is 0 Å². The molecule has 6 rings (SSSR count). The number of fused-ring (bicyclic) bond motifs is 4. The first-order valence-electron chi connectivity index (χ1n) is 11.0. The lowest BCUT2D eigenvalue weighted by atomic mass is 10.0. The van der Waals surface area contributed by atoms with E-state index < -0.39 is 0 Å². The van der Waals surface area contributed by atoms with Crippen LogP contribution in [0.25, 0.3) is 49.7 Å². The summed E-state index contributed by atoms with van der Waals surface area (Å²) >= 11 is 6.72. The molecule has 0 bridgehead atoms. The number of nitrogens with one attached hydrogen (secondary N) is 1. The predicted octanol–water partition coefficient (Wildman–Crippen LogP) is 6.27. The highest BCUT2D eigenvalue weighted by atomic mass is 35.5. The Hall–Kier alpha value is -3.67. The van der Waals surface area contributed by atoms with E-state index in [0.717, 1.165) is 57.1 Å². The number of aromatic amines is 1. The number of hydrogen-bond donors (Lipinski definition) is 2. The molecule has 0 radical (unpaired) electrons.